The van der Waals surface area contributed by atoms with Gasteiger partial charge < -0.3 is 0 Å². The van der Waals surface area contributed by atoms with E-state index < -0.39 is 23.4 Å². The van der Waals surface area contributed by atoms with Crippen LogP contribution >= 0.6 is 31.9 Å². The summed E-state index contributed by atoms with van der Waals surface area (Å²) in [4.78, 5) is 0. The van der Waals surface area contributed by atoms with E-state index in [4.69, 9.17) is 0 Å². The summed E-state index contributed by atoms with van der Waals surface area (Å²) in [6, 6.07) is 8.51. The fraction of sp³-hybridized carbons (Fsp3) is 0.125. The van der Waals surface area contributed by atoms with Gasteiger partial charge in [0.25, 0.3) is 6.08 Å². The molecule has 0 heterocycles. The van der Waals surface area contributed by atoms with Crippen LogP contribution < -0.4 is 0 Å². The lowest BCUT2D eigenvalue weighted by atomic mass is 10.00. The van der Waals surface area contributed by atoms with E-state index in [1.165, 1.54) is 12.1 Å². The van der Waals surface area contributed by atoms with Crippen LogP contribution in [0.5, 0.6) is 0 Å². The summed E-state index contributed by atoms with van der Waals surface area (Å²) in [5, 5.41) is 0. The molecule has 122 valence electrons. The molecule has 0 aromatic heterocycles. The Bertz CT molecular complexity index is 757. The summed E-state index contributed by atoms with van der Waals surface area (Å²) in [7, 11) is 0. The lowest BCUT2D eigenvalue weighted by molar-refractivity contribution is -0.0711. The summed E-state index contributed by atoms with van der Waals surface area (Å²) in [5.74, 6) is 0. The molecule has 0 aliphatic rings. The van der Waals surface area contributed by atoms with E-state index in [2.05, 4.69) is 31.9 Å². The maximum Gasteiger partial charge on any atom is 0.422 e. The first kappa shape index (κ1) is 18.1. The number of allylic oxidation sites excluding steroid dienone is 1. The lowest BCUT2D eigenvalue weighted by Crippen LogP contribution is -2.11. The van der Waals surface area contributed by atoms with Crippen molar-refractivity contribution in [3.05, 3.63) is 62.6 Å². The third kappa shape index (κ3) is 4.01. The van der Waals surface area contributed by atoms with Gasteiger partial charge in [-0.15, -0.1) is 0 Å². The van der Waals surface area contributed by atoms with Crippen molar-refractivity contribution in [2.24, 2.45) is 0 Å². The Morgan fingerprint density at radius 3 is 1.96 bits per heavy atom. The van der Waals surface area contributed by atoms with Gasteiger partial charge in [-0.2, -0.15) is 22.0 Å². The van der Waals surface area contributed by atoms with Crippen LogP contribution in [0.1, 0.15) is 11.1 Å². The minimum atomic E-state index is -5.10. The molecular weight excluding hydrogens is 447 g/mol. The first-order chi connectivity index (χ1) is 10.6. The van der Waals surface area contributed by atoms with Gasteiger partial charge in [-0.25, -0.2) is 0 Å². The van der Waals surface area contributed by atoms with Gasteiger partial charge in [-0.3, -0.25) is 0 Å². The van der Waals surface area contributed by atoms with Crippen LogP contribution in [-0.4, -0.2) is 6.18 Å². The number of hydrogen-bond acceptors (Lipinski definition) is 0. The fourth-order valence-corrected chi connectivity index (χ4v) is 3.09. The Balaban J connectivity index is 2.49. The Morgan fingerprint density at radius 1 is 0.913 bits per heavy atom. The summed E-state index contributed by atoms with van der Waals surface area (Å²) in [6.07, 6.45) is -7.85. The number of rotatable bonds is 2. The van der Waals surface area contributed by atoms with Crippen LogP contribution in [0.2, 0.25) is 0 Å². The van der Waals surface area contributed by atoms with E-state index in [1.807, 2.05) is 19.1 Å². The number of benzene rings is 2. The van der Waals surface area contributed by atoms with E-state index in [0.717, 1.165) is 32.2 Å². The molecule has 0 radical (unpaired) electrons. The monoisotopic (exact) mass is 454 g/mol. The highest BCUT2D eigenvalue weighted by molar-refractivity contribution is 9.11. The molecule has 0 atom stereocenters. The number of hydrogen-bond donors (Lipinski definition) is 0. The minimum Gasteiger partial charge on any atom is -0.173 e. The molecule has 0 aliphatic heterocycles. The highest BCUT2D eigenvalue weighted by Gasteiger charge is 2.38. The van der Waals surface area contributed by atoms with Crippen molar-refractivity contribution in [3.63, 3.8) is 0 Å². The molecule has 7 heteroatoms. The topological polar surface area (TPSA) is 0 Å². The van der Waals surface area contributed by atoms with Crippen molar-refractivity contribution >= 4 is 37.4 Å². The van der Waals surface area contributed by atoms with Gasteiger partial charge in [-0.1, -0.05) is 56.1 Å². The average molecular weight is 456 g/mol. The molecule has 2 aromatic rings. The summed E-state index contributed by atoms with van der Waals surface area (Å²) < 4.78 is 64.9. The Kier molecular flexibility index (Phi) is 5.30. The highest BCUT2D eigenvalue weighted by atomic mass is 79.9. The normalized spacial score (nSPS) is 11.5. The van der Waals surface area contributed by atoms with Crippen LogP contribution in [0.15, 0.2) is 51.4 Å². The molecule has 0 nitrogen and oxygen atoms in total. The molecule has 0 unspecified atom stereocenters. The van der Waals surface area contributed by atoms with Crippen LogP contribution in [0.4, 0.5) is 22.0 Å². The van der Waals surface area contributed by atoms with Crippen molar-refractivity contribution in [2.45, 2.75) is 13.1 Å². The zero-order chi connectivity index (χ0) is 17.4. The van der Waals surface area contributed by atoms with E-state index in [9.17, 15) is 22.0 Å². The van der Waals surface area contributed by atoms with Crippen molar-refractivity contribution < 1.29 is 22.0 Å². The fourth-order valence-electron chi connectivity index (χ4n) is 2.06. The first-order valence-corrected chi connectivity index (χ1v) is 7.88. The standard InChI is InChI=1S/C16H9Br2F5/c1-8-6-13(18)11(7-12(8)17)9-2-4-10(5-3-9)14(15(19)20)16(21,22)23/h2-7H,1H3. The smallest absolute Gasteiger partial charge is 0.173 e. The zero-order valence-corrected chi connectivity index (χ0v) is 14.8. The van der Waals surface area contributed by atoms with Gasteiger partial charge in [-0.05, 0) is 41.3 Å². The van der Waals surface area contributed by atoms with Gasteiger partial charge >= 0.3 is 6.18 Å². The average Bonchev–Trinajstić information content (AvgIpc) is 2.42. The van der Waals surface area contributed by atoms with E-state index in [1.54, 1.807) is 0 Å². The number of alkyl halides is 3. The van der Waals surface area contributed by atoms with Gasteiger partial charge in [0.15, 0.2) is 0 Å². The second-order valence-electron chi connectivity index (χ2n) is 4.79. The number of aryl methyl sites for hydroxylation is 1. The van der Waals surface area contributed by atoms with Gasteiger partial charge in [0.1, 0.15) is 5.57 Å². The Morgan fingerprint density at radius 2 is 1.48 bits per heavy atom. The molecule has 0 saturated heterocycles. The molecule has 0 saturated carbocycles. The van der Waals surface area contributed by atoms with E-state index in [-0.39, 0.29) is 0 Å². The molecule has 0 bridgehead atoms. The molecule has 23 heavy (non-hydrogen) atoms. The zero-order valence-electron chi connectivity index (χ0n) is 11.6. The lowest BCUT2D eigenvalue weighted by Gasteiger charge is -2.12. The molecule has 0 aliphatic carbocycles. The first-order valence-electron chi connectivity index (χ1n) is 6.30. The van der Waals surface area contributed by atoms with Crippen molar-refractivity contribution in [1.29, 1.82) is 0 Å². The van der Waals surface area contributed by atoms with Gasteiger partial charge in [0.05, 0.1) is 0 Å². The van der Waals surface area contributed by atoms with Crippen LogP contribution in [0.3, 0.4) is 0 Å². The van der Waals surface area contributed by atoms with Gasteiger partial charge in [0.2, 0.25) is 0 Å². The summed E-state index contributed by atoms with van der Waals surface area (Å²) >= 11 is 6.77. The molecule has 0 spiro atoms. The predicted octanol–water partition coefficient (Wildman–Crippen LogP) is 7.36. The quantitative estimate of drug-likeness (QED) is 0.415. The summed E-state index contributed by atoms with van der Waals surface area (Å²) in [5.41, 5.74) is -0.134. The highest BCUT2D eigenvalue weighted by Crippen LogP contribution is 2.39. The predicted molar refractivity (Wildman–Crippen MR) is 87.2 cm³/mol. The minimum absolute atomic E-state index is 0.566. The second-order valence-corrected chi connectivity index (χ2v) is 6.50. The van der Waals surface area contributed by atoms with E-state index >= 15 is 0 Å². The molecule has 0 N–H and O–H groups in total. The maximum atomic E-state index is 12.7. The molecule has 2 aromatic carbocycles. The number of halogens is 7. The largest absolute Gasteiger partial charge is 0.422 e. The van der Waals surface area contributed by atoms with Crippen LogP contribution in [-0.2, 0) is 0 Å². The third-order valence-electron chi connectivity index (χ3n) is 3.21. The maximum absolute atomic E-state index is 12.7. The van der Waals surface area contributed by atoms with Crippen molar-refractivity contribution in [1.82, 2.24) is 0 Å². The summed E-state index contributed by atoms with van der Waals surface area (Å²) in [6.45, 7) is 1.89. The van der Waals surface area contributed by atoms with Crippen molar-refractivity contribution in [2.75, 3.05) is 0 Å². The van der Waals surface area contributed by atoms with Crippen LogP contribution in [0, 0.1) is 6.92 Å². The SMILES string of the molecule is Cc1cc(Br)c(-c2ccc(C(=C(F)F)C(F)(F)F)cc2)cc1Br. The Hall–Kier alpha value is -1.21. The molecule has 0 fully saturated rings. The van der Waals surface area contributed by atoms with Crippen molar-refractivity contribution in [3.8, 4) is 11.1 Å². The Labute approximate surface area is 146 Å². The van der Waals surface area contributed by atoms with E-state index in [0.29, 0.717) is 5.56 Å². The van der Waals surface area contributed by atoms with Crippen LogP contribution in [0.25, 0.3) is 16.7 Å². The van der Waals surface area contributed by atoms with Gasteiger partial charge in [0, 0.05) is 8.95 Å². The molecular formula is C16H9Br2F5. The molecule has 2 rings (SSSR count). The molecule has 0 amide bonds. The second kappa shape index (κ2) is 6.73. The third-order valence-corrected chi connectivity index (χ3v) is 4.72.